The van der Waals surface area contributed by atoms with Gasteiger partial charge in [0, 0.05) is 11.3 Å². The molecule has 4 N–H and O–H groups in total. The van der Waals surface area contributed by atoms with Crippen molar-refractivity contribution >= 4 is 29.4 Å². The van der Waals surface area contributed by atoms with Crippen LogP contribution < -0.4 is 16.4 Å². The molecular weight excluding hydrogens is 384 g/mol. The minimum absolute atomic E-state index is 0.308. The molecule has 1 atom stereocenters. The van der Waals surface area contributed by atoms with E-state index in [9.17, 15) is 19.2 Å². The van der Waals surface area contributed by atoms with Crippen LogP contribution in [0.1, 0.15) is 41.8 Å². The van der Waals surface area contributed by atoms with E-state index in [0.717, 1.165) is 23.3 Å². The quantitative estimate of drug-likeness (QED) is 0.608. The minimum atomic E-state index is -1.23. The van der Waals surface area contributed by atoms with Gasteiger partial charge in [-0.05, 0) is 48.7 Å². The lowest BCUT2D eigenvalue weighted by molar-refractivity contribution is -0.133. The van der Waals surface area contributed by atoms with Crippen molar-refractivity contribution in [3.8, 4) is 0 Å². The van der Waals surface area contributed by atoms with Crippen LogP contribution in [-0.2, 0) is 21.5 Å². The average Bonchev–Trinajstić information content (AvgIpc) is 2.93. The maximum atomic E-state index is 13.0. The second-order valence-corrected chi connectivity index (χ2v) is 7.38. The Morgan fingerprint density at radius 3 is 2.27 bits per heavy atom. The fourth-order valence-electron chi connectivity index (χ4n) is 3.39. The molecule has 1 aliphatic heterocycles. The molecule has 1 saturated heterocycles. The summed E-state index contributed by atoms with van der Waals surface area (Å²) < 4.78 is 0. The fourth-order valence-corrected chi connectivity index (χ4v) is 3.39. The van der Waals surface area contributed by atoms with Gasteiger partial charge in [-0.15, -0.1) is 0 Å². The molecule has 3 rings (SSSR count). The normalized spacial score (nSPS) is 18.3. The second-order valence-electron chi connectivity index (χ2n) is 7.38. The van der Waals surface area contributed by atoms with Crippen LogP contribution in [0.15, 0.2) is 48.5 Å². The van der Waals surface area contributed by atoms with Crippen molar-refractivity contribution in [2.75, 3.05) is 11.9 Å². The predicted octanol–water partition coefficient (Wildman–Crippen LogP) is 2.14. The van der Waals surface area contributed by atoms with Crippen LogP contribution >= 0.6 is 0 Å². The summed E-state index contributed by atoms with van der Waals surface area (Å²) in [5.41, 5.74) is 6.50. The number of amides is 5. The number of carbonyl (C=O) groups excluding carboxylic acids is 4. The molecule has 8 heteroatoms. The maximum Gasteiger partial charge on any atom is 0.325 e. The summed E-state index contributed by atoms with van der Waals surface area (Å²) in [7, 11) is 0. The van der Waals surface area contributed by atoms with Gasteiger partial charge in [-0.1, -0.05) is 37.6 Å². The third-order valence-corrected chi connectivity index (χ3v) is 5.10. The SMILES string of the molecule is CCCc1ccc([C@@]2(C)NC(=O)N(CC(=O)Nc3ccc(C(N)=O)cc3)C2=O)cc1. The topological polar surface area (TPSA) is 122 Å². The summed E-state index contributed by atoms with van der Waals surface area (Å²) in [5, 5.41) is 5.29. The van der Waals surface area contributed by atoms with E-state index >= 15 is 0 Å². The number of rotatable bonds is 7. The molecule has 2 aromatic carbocycles. The number of hydrogen-bond donors (Lipinski definition) is 3. The van der Waals surface area contributed by atoms with Crippen molar-refractivity contribution in [3.05, 3.63) is 65.2 Å². The molecule has 30 heavy (non-hydrogen) atoms. The lowest BCUT2D eigenvalue weighted by Gasteiger charge is -2.22. The summed E-state index contributed by atoms with van der Waals surface area (Å²) in [5.74, 6) is -1.60. The lowest BCUT2D eigenvalue weighted by Crippen LogP contribution is -2.42. The third kappa shape index (κ3) is 4.17. The first kappa shape index (κ1) is 21.0. The Hall–Kier alpha value is -3.68. The molecule has 8 nitrogen and oxygen atoms in total. The molecule has 0 saturated carbocycles. The Labute approximate surface area is 174 Å². The number of imide groups is 1. The van der Waals surface area contributed by atoms with Gasteiger partial charge in [0.25, 0.3) is 5.91 Å². The van der Waals surface area contributed by atoms with E-state index in [2.05, 4.69) is 17.6 Å². The average molecular weight is 408 g/mol. The Kier molecular flexibility index (Phi) is 5.86. The first-order chi connectivity index (χ1) is 14.2. The number of urea groups is 1. The zero-order valence-corrected chi connectivity index (χ0v) is 16.9. The number of hydrogen-bond acceptors (Lipinski definition) is 4. The third-order valence-electron chi connectivity index (χ3n) is 5.10. The molecule has 0 spiro atoms. The first-order valence-electron chi connectivity index (χ1n) is 9.68. The zero-order chi connectivity index (χ0) is 21.9. The van der Waals surface area contributed by atoms with Crippen molar-refractivity contribution in [2.24, 2.45) is 5.73 Å². The molecule has 0 aromatic heterocycles. The predicted molar refractivity (Wildman–Crippen MR) is 112 cm³/mol. The van der Waals surface area contributed by atoms with E-state index < -0.39 is 35.8 Å². The van der Waals surface area contributed by atoms with Crippen molar-refractivity contribution in [1.29, 1.82) is 0 Å². The highest BCUT2D eigenvalue weighted by molar-refractivity contribution is 6.10. The van der Waals surface area contributed by atoms with Gasteiger partial charge >= 0.3 is 6.03 Å². The number of anilines is 1. The fraction of sp³-hybridized carbons (Fsp3) is 0.273. The van der Waals surface area contributed by atoms with Crippen LogP contribution in [0.25, 0.3) is 0 Å². The molecule has 0 aliphatic carbocycles. The highest BCUT2D eigenvalue weighted by atomic mass is 16.2. The van der Waals surface area contributed by atoms with Crippen molar-refractivity contribution < 1.29 is 19.2 Å². The van der Waals surface area contributed by atoms with Gasteiger partial charge in [0.1, 0.15) is 12.1 Å². The number of nitrogens with zero attached hydrogens (tertiary/aromatic N) is 1. The van der Waals surface area contributed by atoms with E-state index in [0.29, 0.717) is 16.8 Å². The zero-order valence-electron chi connectivity index (χ0n) is 16.9. The first-order valence-corrected chi connectivity index (χ1v) is 9.68. The minimum Gasteiger partial charge on any atom is -0.366 e. The van der Waals surface area contributed by atoms with E-state index in [1.807, 2.05) is 24.3 Å². The summed E-state index contributed by atoms with van der Waals surface area (Å²) in [4.78, 5) is 49.8. The summed E-state index contributed by atoms with van der Waals surface area (Å²) in [6.07, 6.45) is 1.95. The molecule has 156 valence electrons. The van der Waals surface area contributed by atoms with Gasteiger partial charge in [0.2, 0.25) is 11.8 Å². The summed E-state index contributed by atoms with van der Waals surface area (Å²) in [6.45, 7) is 3.29. The maximum absolute atomic E-state index is 13.0. The second kappa shape index (κ2) is 8.36. The van der Waals surface area contributed by atoms with Gasteiger partial charge in [0.15, 0.2) is 0 Å². The largest absolute Gasteiger partial charge is 0.366 e. The van der Waals surface area contributed by atoms with E-state index in [-0.39, 0.29) is 0 Å². The van der Waals surface area contributed by atoms with Crippen LogP contribution in [0.2, 0.25) is 0 Å². The van der Waals surface area contributed by atoms with Crippen molar-refractivity contribution in [2.45, 2.75) is 32.2 Å². The number of nitrogens with two attached hydrogens (primary N) is 1. The van der Waals surface area contributed by atoms with Gasteiger partial charge < -0.3 is 16.4 Å². The molecule has 1 fully saturated rings. The van der Waals surface area contributed by atoms with E-state index in [4.69, 9.17) is 5.73 Å². The standard InChI is InChI=1S/C22H24N4O4/c1-3-4-14-5-9-16(10-6-14)22(2)20(29)26(21(30)25-22)13-18(27)24-17-11-7-15(8-12-17)19(23)28/h5-12H,3-4,13H2,1-2H3,(H2,23,28)(H,24,27)(H,25,30)/t22-/m1/s1. The Bertz CT molecular complexity index is 985. The molecule has 0 radical (unpaired) electrons. The summed E-state index contributed by atoms with van der Waals surface area (Å²) in [6, 6.07) is 12.9. The van der Waals surface area contributed by atoms with Crippen LogP contribution in [-0.4, -0.2) is 35.2 Å². The number of aryl methyl sites for hydroxylation is 1. The number of nitrogens with one attached hydrogen (secondary N) is 2. The number of carbonyl (C=O) groups is 4. The molecule has 5 amide bonds. The molecule has 2 aromatic rings. The van der Waals surface area contributed by atoms with Gasteiger partial charge in [-0.3, -0.25) is 19.3 Å². The highest BCUT2D eigenvalue weighted by Gasteiger charge is 2.49. The Balaban J connectivity index is 1.69. The van der Waals surface area contributed by atoms with E-state index in [1.54, 1.807) is 6.92 Å². The van der Waals surface area contributed by atoms with E-state index in [1.165, 1.54) is 24.3 Å². The van der Waals surface area contributed by atoms with Crippen LogP contribution in [0, 0.1) is 0 Å². The smallest absolute Gasteiger partial charge is 0.325 e. The summed E-state index contributed by atoms with van der Waals surface area (Å²) >= 11 is 0. The monoisotopic (exact) mass is 408 g/mol. The van der Waals surface area contributed by atoms with Crippen molar-refractivity contribution in [1.82, 2.24) is 10.2 Å². The van der Waals surface area contributed by atoms with Gasteiger partial charge in [-0.25, -0.2) is 4.79 Å². The molecule has 0 unspecified atom stereocenters. The van der Waals surface area contributed by atoms with Gasteiger partial charge in [0.05, 0.1) is 0 Å². The van der Waals surface area contributed by atoms with Crippen LogP contribution in [0.5, 0.6) is 0 Å². The van der Waals surface area contributed by atoms with Crippen LogP contribution in [0.4, 0.5) is 10.5 Å². The van der Waals surface area contributed by atoms with Gasteiger partial charge in [-0.2, -0.15) is 0 Å². The molecular formula is C22H24N4O4. The molecule has 1 heterocycles. The Morgan fingerprint density at radius 1 is 1.07 bits per heavy atom. The van der Waals surface area contributed by atoms with Crippen molar-refractivity contribution in [3.63, 3.8) is 0 Å². The number of benzene rings is 2. The lowest BCUT2D eigenvalue weighted by atomic mass is 9.91. The number of primary amides is 1. The highest BCUT2D eigenvalue weighted by Crippen LogP contribution is 2.29. The molecule has 1 aliphatic rings. The Morgan fingerprint density at radius 2 is 1.70 bits per heavy atom. The molecule has 0 bridgehead atoms. The van der Waals surface area contributed by atoms with Crippen LogP contribution in [0.3, 0.4) is 0 Å².